The Morgan fingerprint density at radius 2 is 2.16 bits per heavy atom. The van der Waals surface area contributed by atoms with E-state index >= 15 is 0 Å². The highest BCUT2D eigenvalue weighted by molar-refractivity contribution is 5.80. The van der Waals surface area contributed by atoms with Gasteiger partial charge in [0.25, 0.3) is 0 Å². The largest absolute Gasteiger partial charge is 0.493 e. The third-order valence-electron chi connectivity index (χ3n) is 4.45. The third kappa shape index (κ3) is 4.78. The van der Waals surface area contributed by atoms with Crippen LogP contribution < -0.4 is 20.5 Å². The van der Waals surface area contributed by atoms with Crippen molar-refractivity contribution in [3.8, 4) is 11.5 Å². The number of nitrogens with two attached hydrogens (primary N) is 1. The molecule has 3 N–H and O–H groups in total. The Hall–Kier alpha value is -2.44. The number of carbonyl (C=O) groups is 2. The van der Waals surface area contributed by atoms with E-state index in [1.165, 1.54) is 4.90 Å². The van der Waals surface area contributed by atoms with Crippen LogP contribution in [0.2, 0.25) is 0 Å². The minimum Gasteiger partial charge on any atom is -0.493 e. The second kappa shape index (κ2) is 8.60. The number of amides is 3. The Balaban J connectivity index is 2.02. The lowest BCUT2D eigenvalue weighted by Crippen LogP contribution is -2.47. The number of hydrogen-bond donors (Lipinski definition) is 2. The van der Waals surface area contributed by atoms with Gasteiger partial charge < -0.3 is 25.4 Å². The number of nitrogens with zero attached hydrogens (tertiary/aromatic N) is 1. The van der Waals surface area contributed by atoms with E-state index in [1.54, 1.807) is 7.11 Å². The Morgan fingerprint density at radius 1 is 1.40 bits per heavy atom. The molecular weight excluding hydrogens is 322 g/mol. The molecule has 7 heteroatoms. The van der Waals surface area contributed by atoms with Crippen molar-refractivity contribution < 1.29 is 19.1 Å². The number of urea groups is 1. The molecule has 1 aliphatic rings. The van der Waals surface area contributed by atoms with Gasteiger partial charge >= 0.3 is 6.03 Å². The molecular formula is C18H27N3O4. The second-order valence-electron chi connectivity index (χ2n) is 6.20. The Morgan fingerprint density at radius 3 is 2.80 bits per heavy atom. The summed E-state index contributed by atoms with van der Waals surface area (Å²) in [4.78, 5) is 25.4. The molecule has 0 unspecified atom stereocenters. The summed E-state index contributed by atoms with van der Waals surface area (Å²) in [6, 6.07) is 4.97. The van der Waals surface area contributed by atoms with E-state index in [0.717, 1.165) is 18.4 Å². The van der Waals surface area contributed by atoms with Crippen LogP contribution in [0.1, 0.15) is 38.3 Å². The summed E-state index contributed by atoms with van der Waals surface area (Å²) < 4.78 is 10.9. The second-order valence-corrected chi connectivity index (χ2v) is 6.20. The fraction of sp³-hybridized carbons (Fsp3) is 0.556. The van der Waals surface area contributed by atoms with Crippen LogP contribution in [0.25, 0.3) is 0 Å². The van der Waals surface area contributed by atoms with Gasteiger partial charge in [0, 0.05) is 13.1 Å². The molecule has 1 aromatic rings. The molecule has 7 nitrogen and oxygen atoms in total. The van der Waals surface area contributed by atoms with E-state index in [1.807, 2.05) is 32.0 Å². The van der Waals surface area contributed by atoms with Crippen LogP contribution in [0.5, 0.6) is 11.5 Å². The first-order chi connectivity index (χ1) is 12.0. The maximum Gasteiger partial charge on any atom is 0.314 e. The minimum absolute atomic E-state index is 0.0636. The number of piperidine rings is 1. The summed E-state index contributed by atoms with van der Waals surface area (Å²) >= 11 is 0. The fourth-order valence-electron chi connectivity index (χ4n) is 3.03. The number of likely N-dealkylation sites (tertiary alicyclic amines) is 1. The summed E-state index contributed by atoms with van der Waals surface area (Å²) in [6.07, 6.45) is 1.54. The van der Waals surface area contributed by atoms with Crippen LogP contribution in [0, 0.1) is 5.92 Å². The van der Waals surface area contributed by atoms with Gasteiger partial charge in [-0.2, -0.15) is 0 Å². The Bertz CT molecular complexity index is 620. The van der Waals surface area contributed by atoms with E-state index in [2.05, 4.69) is 5.32 Å². The molecule has 0 spiro atoms. The molecule has 138 valence electrons. The summed E-state index contributed by atoms with van der Waals surface area (Å²) in [5, 5.41) is 3.01. The quantitative estimate of drug-likeness (QED) is 0.822. The van der Waals surface area contributed by atoms with Crippen molar-refractivity contribution in [2.45, 2.75) is 32.7 Å². The van der Waals surface area contributed by atoms with Crippen LogP contribution in [-0.2, 0) is 4.79 Å². The maximum atomic E-state index is 12.5. The predicted octanol–water partition coefficient (Wildman–Crippen LogP) is 2.06. The molecule has 25 heavy (non-hydrogen) atoms. The van der Waals surface area contributed by atoms with Crippen LogP contribution >= 0.6 is 0 Å². The van der Waals surface area contributed by atoms with Crippen molar-refractivity contribution in [2.24, 2.45) is 11.7 Å². The van der Waals surface area contributed by atoms with Gasteiger partial charge in [0.1, 0.15) is 0 Å². The van der Waals surface area contributed by atoms with Gasteiger partial charge in [-0.05, 0) is 44.4 Å². The first-order valence-electron chi connectivity index (χ1n) is 8.61. The van der Waals surface area contributed by atoms with E-state index < -0.39 is 6.03 Å². The highest BCUT2D eigenvalue weighted by Crippen LogP contribution is 2.30. The third-order valence-corrected chi connectivity index (χ3v) is 4.45. The summed E-state index contributed by atoms with van der Waals surface area (Å²) in [5.41, 5.74) is 6.25. The molecule has 1 fully saturated rings. The maximum absolute atomic E-state index is 12.5. The zero-order valence-corrected chi connectivity index (χ0v) is 15.1. The average Bonchev–Trinajstić information content (AvgIpc) is 2.62. The number of carbonyl (C=O) groups excluding carboxylic acids is 2. The molecule has 1 aromatic carbocycles. The SMILES string of the molecule is CCOc1ccc([C@@H](C)NC(=O)[C@@H]2CCCN(C(N)=O)C2)cc1OC. The lowest BCUT2D eigenvalue weighted by Gasteiger charge is -2.31. The van der Waals surface area contributed by atoms with Crippen molar-refractivity contribution >= 4 is 11.9 Å². The monoisotopic (exact) mass is 349 g/mol. The van der Waals surface area contributed by atoms with Crippen LogP contribution in [-0.4, -0.2) is 43.6 Å². The van der Waals surface area contributed by atoms with Crippen molar-refractivity contribution in [1.29, 1.82) is 0 Å². The summed E-state index contributed by atoms with van der Waals surface area (Å²) in [5.74, 6) is 1.02. The summed E-state index contributed by atoms with van der Waals surface area (Å²) in [7, 11) is 1.59. The molecule has 1 heterocycles. The highest BCUT2D eigenvalue weighted by Gasteiger charge is 2.28. The number of primary amides is 1. The highest BCUT2D eigenvalue weighted by atomic mass is 16.5. The zero-order chi connectivity index (χ0) is 18.4. The Labute approximate surface area is 148 Å². The van der Waals surface area contributed by atoms with E-state index in [4.69, 9.17) is 15.2 Å². The lowest BCUT2D eigenvalue weighted by molar-refractivity contribution is -0.126. The zero-order valence-electron chi connectivity index (χ0n) is 15.1. The van der Waals surface area contributed by atoms with Gasteiger partial charge in [0.05, 0.1) is 25.7 Å². The molecule has 1 aliphatic heterocycles. The van der Waals surface area contributed by atoms with E-state index in [-0.39, 0.29) is 17.9 Å². The molecule has 1 saturated heterocycles. The molecule has 0 bridgehead atoms. The minimum atomic E-state index is -0.471. The van der Waals surface area contributed by atoms with E-state index in [9.17, 15) is 9.59 Å². The number of rotatable bonds is 6. The molecule has 2 atom stereocenters. The number of hydrogen-bond acceptors (Lipinski definition) is 4. The van der Waals surface area contributed by atoms with Crippen LogP contribution in [0.3, 0.4) is 0 Å². The van der Waals surface area contributed by atoms with Crippen LogP contribution in [0.15, 0.2) is 18.2 Å². The van der Waals surface area contributed by atoms with Crippen molar-refractivity contribution in [1.82, 2.24) is 10.2 Å². The van der Waals surface area contributed by atoms with Gasteiger partial charge in [-0.15, -0.1) is 0 Å². The molecule has 0 aliphatic carbocycles. The first-order valence-corrected chi connectivity index (χ1v) is 8.61. The van der Waals surface area contributed by atoms with Gasteiger partial charge in [-0.1, -0.05) is 6.07 Å². The van der Waals surface area contributed by atoms with Crippen LogP contribution in [0.4, 0.5) is 4.79 Å². The normalized spacial score (nSPS) is 18.4. The number of benzene rings is 1. The van der Waals surface area contributed by atoms with Gasteiger partial charge in [-0.25, -0.2) is 4.79 Å². The molecule has 2 rings (SSSR count). The molecule has 0 radical (unpaired) electrons. The number of methoxy groups -OCH3 is 1. The number of ether oxygens (including phenoxy) is 2. The van der Waals surface area contributed by atoms with E-state index in [0.29, 0.717) is 31.2 Å². The summed E-state index contributed by atoms with van der Waals surface area (Å²) in [6.45, 7) is 5.38. The molecule has 0 aromatic heterocycles. The first kappa shape index (κ1) is 18.9. The van der Waals surface area contributed by atoms with Crippen molar-refractivity contribution in [3.63, 3.8) is 0 Å². The van der Waals surface area contributed by atoms with Gasteiger partial charge in [-0.3, -0.25) is 4.79 Å². The average molecular weight is 349 g/mol. The standard InChI is InChI=1S/C18H27N3O4/c1-4-25-15-8-7-13(10-16(15)24-3)12(2)20-17(22)14-6-5-9-21(11-14)18(19)23/h7-8,10,12,14H,4-6,9,11H2,1-3H3,(H2,19,23)(H,20,22)/t12-,14-/m1/s1. The molecule has 3 amide bonds. The Kier molecular flexibility index (Phi) is 6.50. The number of nitrogens with one attached hydrogen (secondary N) is 1. The fourth-order valence-corrected chi connectivity index (χ4v) is 3.03. The van der Waals surface area contributed by atoms with Gasteiger partial charge in [0.2, 0.25) is 5.91 Å². The van der Waals surface area contributed by atoms with Crippen molar-refractivity contribution in [2.75, 3.05) is 26.8 Å². The van der Waals surface area contributed by atoms with Crippen molar-refractivity contribution in [3.05, 3.63) is 23.8 Å². The predicted molar refractivity (Wildman–Crippen MR) is 94.6 cm³/mol. The topological polar surface area (TPSA) is 93.9 Å². The molecule has 0 saturated carbocycles. The smallest absolute Gasteiger partial charge is 0.314 e. The van der Waals surface area contributed by atoms with Gasteiger partial charge in [0.15, 0.2) is 11.5 Å². The lowest BCUT2D eigenvalue weighted by atomic mass is 9.96.